The predicted molar refractivity (Wildman–Crippen MR) is 96.1 cm³/mol. The summed E-state index contributed by atoms with van der Waals surface area (Å²) in [6.45, 7) is 3.88. The Morgan fingerprint density at radius 3 is 2.54 bits per heavy atom. The van der Waals surface area contributed by atoms with Crippen molar-refractivity contribution in [2.24, 2.45) is 0 Å². The number of hydrazine groups is 1. The molecular weight excluding hydrogens is 382 g/mol. The van der Waals surface area contributed by atoms with Gasteiger partial charge in [-0.2, -0.15) is 0 Å². The first kappa shape index (κ1) is 19.6. The van der Waals surface area contributed by atoms with Gasteiger partial charge in [-0.05, 0) is 6.07 Å². The number of hydrogen-bond acceptors (Lipinski definition) is 7. The third-order valence-corrected chi connectivity index (χ3v) is 4.07. The molecule has 0 saturated heterocycles. The molecule has 1 aromatic carbocycles. The molecule has 0 aliphatic carbocycles. The zero-order chi connectivity index (χ0) is 19.3. The topological polar surface area (TPSA) is 127 Å². The van der Waals surface area contributed by atoms with E-state index in [0.29, 0.717) is 5.16 Å². The van der Waals surface area contributed by atoms with Crippen LogP contribution in [0.5, 0.6) is 0 Å². The molecule has 9 nitrogen and oxygen atoms in total. The van der Waals surface area contributed by atoms with E-state index < -0.39 is 16.7 Å². The highest BCUT2D eigenvalue weighted by Gasteiger charge is 2.21. The summed E-state index contributed by atoms with van der Waals surface area (Å²) in [5.74, 6) is -1.61. The molecule has 136 valence electrons. The van der Waals surface area contributed by atoms with Crippen molar-refractivity contribution in [1.82, 2.24) is 20.8 Å². The third-order valence-electron chi connectivity index (χ3n) is 2.91. The number of para-hydroxylation sites is 1. The van der Waals surface area contributed by atoms with Gasteiger partial charge in [0.05, 0.1) is 16.1 Å². The van der Waals surface area contributed by atoms with Crippen LogP contribution in [-0.4, -0.2) is 32.0 Å². The summed E-state index contributed by atoms with van der Waals surface area (Å²) in [4.78, 5) is 42.7. The molecule has 2 N–H and O–H groups in total. The average molecular weight is 396 g/mol. The lowest BCUT2D eigenvalue weighted by atomic mass is 10.2. The highest BCUT2D eigenvalue weighted by molar-refractivity contribution is 7.99. The molecule has 1 heterocycles. The summed E-state index contributed by atoms with van der Waals surface area (Å²) in [7, 11) is 0. The summed E-state index contributed by atoms with van der Waals surface area (Å²) in [5.41, 5.74) is 3.56. The van der Waals surface area contributed by atoms with Crippen molar-refractivity contribution < 1.29 is 14.5 Å². The van der Waals surface area contributed by atoms with E-state index in [0.717, 1.165) is 0 Å². The molecule has 0 aliphatic heterocycles. The Morgan fingerprint density at radius 2 is 1.88 bits per heavy atom. The minimum atomic E-state index is -0.840. The number of carbonyl (C=O) groups is 2. The molecule has 0 bridgehead atoms. The van der Waals surface area contributed by atoms with Crippen LogP contribution in [-0.2, 0) is 0 Å². The zero-order valence-corrected chi connectivity index (χ0v) is 15.3. The van der Waals surface area contributed by atoms with Crippen LogP contribution in [0.15, 0.2) is 35.6 Å². The van der Waals surface area contributed by atoms with Gasteiger partial charge in [-0.1, -0.05) is 49.3 Å². The van der Waals surface area contributed by atoms with E-state index >= 15 is 0 Å². The predicted octanol–water partition coefficient (Wildman–Crippen LogP) is 2.61. The second kappa shape index (κ2) is 8.59. The summed E-state index contributed by atoms with van der Waals surface area (Å²) >= 11 is 7.27. The second-order valence-electron chi connectivity index (χ2n) is 5.20. The Balaban J connectivity index is 2.12. The van der Waals surface area contributed by atoms with Crippen LogP contribution in [0.1, 0.15) is 34.7 Å². The minimum absolute atomic E-state index is 0.00977. The van der Waals surface area contributed by atoms with Crippen LogP contribution in [0.3, 0.4) is 0 Å². The number of halogens is 1. The molecule has 0 aliphatic rings. The van der Waals surface area contributed by atoms with Gasteiger partial charge in [0.25, 0.3) is 17.5 Å². The standard InChI is InChI=1S/C15H14ClN5O4S/c1-8(2)26-15-17-7-10(16)12(18-15)14(23)20-19-13(22)9-5-3-4-6-11(9)21(24)25/h3-8H,1-2H3,(H,19,22)(H,20,23). The van der Waals surface area contributed by atoms with Gasteiger partial charge in [-0.15, -0.1) is 0 Å². The summed E-state index contributed by atoms with van der Waals surface area (Å²) in [6, 6.07) is 5.37. The van der Waals surface area contributed by atoms with E-state index in [1.54, 1.807) is 0 Å². The van der Waals surface area contributed by atoms with Crippen molar-refractivity contribution in [3.05, 3.63) is 56.9 Å². The van der Waals surface area contributed by atoms with Gasteiger partial charge < -0.3 is 0 Å². The minimum Gasteiger partial charge on any atom is -0.267 e. The van der Waals surface area contributed by atoms with Crippen LogP contribution in [0.25, 0.3) is 0 Å². The van der Waals surface area contributed by atoms with Gasteiger partial charge in [0, 0.05) is 11.3 Å². The molecule has 0 saturated carbocycles. The van der Waals surface area contributed by atoms with E-state index in [9.17, 15) is 19.7 Å². The second-order valence-corrected chi connectivity index (χ2v) is 7.15. The molecular formula is C15H14ClN5O4S. The number of rotatable bonds is 5. The van der Waals surface area contributed by atoms with E-state index in [1.807, 2.05) is 13.8 Å². The molecule has 2 amide bonds. The first-order valence-corrected chi connectivity index (χ1v) is 8.58. The largest absolute Gasteiger partial charge is 0.289 e. The van der Waals surface area contributed by atoms with Crippen molar-refractivity contribution in [2.45, 2.75) is 24.3 Å². The normalized spacial score (nSPS) is 10.5. The first-order valence-electron chi connectivity index (χ1n) is 7.33. The van der Waals surface area contributed by atoms with E-state index in [-0.39, 0.29) is 27.2 Å². The number of nitrogens with zero attached hydrogens (tertiary/aromatic N) is 3. The van der Waals surface area contributed by atoms with Gasteiger partial charge in [0.1, 0.15) is 5.56 Å². The van der Waals surface area contributed by atoms with Crippen molar-refractivity contribution in [3.8, 4) is 0 Å². The molecule has 1 aromatic heterocycles. The number of nitro benzene ring substituents is 1. The fraction of sp³-hybridized carbons (Fsp3) is 0.200. The van der Waals surface area contributed by atoms with Crippen molar-refractivity contribution >= 4 is 40.9 Å². The van der Waals surface area contributed by atoms with E-state index in [1.165, 1.54) is 42.2 Å². The van der Waals surface area contributed by atoms with E-state index in [4.69, 9.17) is 11.6 Å². The molecule has 0 spiro atoms. The number of nitro groups is 1. The number of hydrogen-bond donors (Lipinski definition) is 2. The molecule has 0 radical (unpaired) electrons. The van der Waals surface area contributed by atoms with Crippen LogP contribution in [0, 0.1) is 10.1 Å². The third kappa shape index (κ3) is 4.90. The Hall–Kier alpha value is -2.72. The lowest BCUT2D eigenvalue weighted by Gasteiger charge is -2.09. The number of carbonyl (C=O) groups excluding carboxylic acids is 2. The Morgan fingerprint density at radius 1 is 1.23 bits per heavy atom. The fourth-order valence-electron chi connectivity index (χ4n) is 1.84. The maximum absolute atomic E-state index is 12.2. The number of benzene rings is 1. The number of thioether (sulfide) groups is 1. The lowest BCUT2D eigenvalue weighted by Crippen LogP contribution is -2.42. The molecule has 2 aromatic rings. The molecule has 2 rings (SSSR count). The van der Waals surface area contributed by atoms with E-state index in [2.05, 4.69) is 20.8 Å². The zero-order valence-electron chi connectivity index (χ0n) is 13.7. The van der Waals surface area contributed by atoms with Crippen molar-refractivity contribution in [3.63, 3.8) is 0 Å². The number of nitrogens with one attached hydrogen (secondary N) is 2. The maximum atomic E-state index is 12.2. The van der Waals surface area contributed by atoms with Crippen LogP contribution in [0.4, 0.5) is 5.69 Å². The summed E-state index contributed by atoms with van der Waals surface area (Å²) < 4.78 is 0. The quantitative estimate of drug-likeness (QED) is 0.344. The Bertz CT molecular complexity index is 862. The summed E-state index contributed by atoms with van der Waals surface area (Å²) in [5, 5.41) is 11.5. The Kier molecular flexibility index (Phi) is 6.47. The smallest absolute Gasteiger partial charge is 0.267 e. The average Bonchev–Trinajstić information content (AvgIpc) is 2.60. The number of aromatic nitrogens is 2. The van der Waals surface area contributed by atoms with Crippen molar-refractivity contribution in [1.29, 1.82) is 0 Å². The monoisotopic (exact) mass is 395 g/mol. The highest BCUT2D eigenvalue weighted by atomic mass is 35.5. The highest BCUT2D eigenvalue weighted by Crippen LogP contribution is 2.21. The Labute approximate surface area is 157 Å². The SMILES string of the molecule is CC(C)Sc1ncc(Cl)c(C(=O)NNC(=O)c2ccccc2[N+](=O)[O-])n1. The number of amides is 2. The van der Waals surface area contributed by atoms with Crippen molar-refractivity contribution in [2.75, 3.05) is 0 Å². The van der Waals surface area contributed by atoms with Crippen LogP contribution in [0.2, 0.25) is 5.02 Å². The van der Waals surface area contributed by atoms with Gasteiger partial charge >= 0.3 is 0 Å². The van der Waals surface area contributed by atoms with Crippen LogP contribution < -0.4 is 10.9 Å². The molecule has 0 atom stereocenters. The molecule has 0 fully saturated rings. The van der Waals surface area contributed by atoms with Gasteiger partial charge in [0.2, 0.25) is 0 Å². The first-order chi connectivity index (χ1) is 12.3. The summed E-state index contributed by atoms with van der Waals surface area (Å²) in [6.07, 6.45) is 1.29. The fourth-order valence-corrected chi connectivity index (χ4v) is 2.70. The van der Waals surface area contributed by atoms with Crippen LogP contribution >= 0.6 is 23.4 Å². The maximum Gasteiger partial charge on any atom is 0.289 e. The molecule has 26 heavy (non-hydrogen) atoms. The van der Waals surface area contributed by atoms with Gasteiger partial charge in [-0.3, -0.25) is 30.6 Å². The van der Waals surface area contributed by atoms with Gasteiger partial charge in [0.15, 0.2) is 10.9 Å². The molecule has 0 unspecified atom stereocenters. The lowest BCUT2D eigenvalue weighted by molar-refractivity contribution is -0.385. The molecule has 11 heteroatoms. The van der Waals surface area contributed by atoms with Gasteiger partial charge in [-0.25, -0.2) is 9.97 Å².